The van der Waals surface area contributed by atoms with E-state index in [1.807, 2.05) is 56.3 Å². The molecule has 0 aliphatic heterocycles. The molecule has 7 heteroatoms. The van der Waals surface area contributed by atoms with Gasteiger partial charge in [0.1, 0.15) is 0 Å². The van der Waals surface area contributed by atoms with Crippen molar-refractivity contribution in [2.24, 2.45) is 0 Å². The average Bonchev–Trinajstić information content (AvgIpc) is 2.84. The molecule has 3 aromatic carbocycles. The molecule has 0 unspecified atom stereocenters. The lowest BCUT2D eigenvalue weighted by Crippen LogP contribution is -2.14. The summed E-state index contributed by atoms with van der Waals surface area (Å²) in [4.78, 5) is 37.7. The second-order valence-corrected chi connectivity index (χ2v) is 8.75. The highest BCUT2D eigenvalue weighted by Crippen LogP contribution is 2.23. The molecule has 0 saturated heterocycles. The first kappa shape index (κ1) is 25.1. The number of unbranched alkanes of at least 4 members (excludes halogenated alkanes) is 1. The quantitative estimate of drug-likeness (QED) is 0.215. The van der Waals surface area contributed by atoms with Crippen molar-refractivity contribution in [1.29, 1.82) is 0 Å². The number of thioether (sulfide) groups is 1. The molecule has 176 valence electrons. The third-order valence-electron chi connectivity index (χ3n) is 4.99. The normalized spacial score (nSPS) is 10.4. The number of nitrogens with one attached hydrogen (secondary N) is 2. The molecule has 0 aliphatic rings. The predicted octanol–water partition coefficient (Wildman–Crippen LogP) is 5.94. The van der Waals surface area contributed by atoms with E-state index in [4.69, 9.17) is 4.74 Å². The number of rotatable bonds is 10. The molecular weight excluding hydrogens is 448 g/mol. The summed E-state index contributed by atoms with van der Waals surface area (Å²) in [6.07, 6.45) is 1.79. The molecule has 0 heterocycles. The van der Waals surface area contributed by atoms with Crippen LogP contribution >= 0.6 is 11.8 Å². The van der Waals surface area contributed by atoms with Crippen LogP contribution in [0.2, 0.25) is 0 Å². The van der Waals surface area contributed by atoms with Crippen LogP contribution < -0.4 is 10.6 Å². The summed E-state index contributed by atoms with van der Waals surface area (Å²) in [5.41, 5.74) is 3.26. The van der Waals surface area contributed by atoms with Crippen LogP contribution in [0, 0.1) is 6.92 Å². The first-order chi connectivity index (χ1) is 16.5. The fourth-order valence-corrected chi connectivity index (χ4v) is 3.87. The highest BCUT2D eigenvalue weighted by molar-refractivity contribution is 8.00. The number of ether oxygens (including phenoxy) is 1. The number of aryl methyl sites for hydroxylation is 1. The summed E-state index contributed by atoms with van der Waals surface area (Å²) >= 11 is 1.37. The highest BCUT2D eigenvalue weighted by Gasteiger charge is 2.10. The molecule has 0 atom stereocenters. The Morgan fingerprint density at radius 3 is 2.38 bits per heavy atom. The third kappa shape index (κ3) is 7.49. The van der Waals surface area contributed by atoms with Gasteiger partial charge in [-0.3, -0.25) is 9.59 Å². The molecule has 0 bridgehead atoms. The van der Waals surface area contributed by atoms with E-state index in [1.54, 1.807) is 30.3 Å². The van der Waals surface area contributed by atoms with Crippen molar-refractivity contribution in [1.82, 2.24) is 0 Å². The lowest BCUT2D eigenvalue weighted by Gasteiger charge is -2.09. The van der Waals surface area contributed by atoms with Crippen molar-refractivity contribution in [3.8, 4) is 0 Å². The Morgan fingerprint density at radius 1 is 0.882 bits per heavy atom. The number of anilines is 2. The zero-order valence-corrected chi connectivity index (χ0v) is 20.1. The first-order valence-electron chi connectivity index (χ1n) is 11.1. The molecule has 2 N–H and O–H groups in total. The molecule has 3 aromatic rings. The summed E-state index contributed by atoms with van der Waals surface area (Å²) in [6.45, 7) is 4.33. The van der Waals surface area contributed by atoms with Gasteiger partial charge in [0.2, 0.25) is 5.91 Å². The number of hydrogen-bond donors (Lipinski definition) is 2. The highest BCUT2D eigenvalue weighted by atomic mass is 32.2. The Hall–Kier alpha value is -3.58. The molecule has 3 rings (SSSR count). The summed E-state index contributed by atoms with van der Waals surface area (Å²) in [6, 6.07) is 21.4. The van der Waals surface area contributed by atoms with Crippen LogP contribution in [0.25, 0.3) is 0 Å². The van der Waals surface area contributed by atoms with Gasteiger partial charge in [-0.1, -0.05) is 37.6 Å². The Morgan fingerprint density at radius 2 is 1.65 bits per heavy atom. The molecule has 0 aromatic heterocycles. The number of esters is 1. The van der Waals surface area contributed by atoms with Gasteiger partial charge in [0.25, 0.3) is 5.91 Å². The zero-order valence-electron chi connectivity index (χ0n) is 19.3. The summed E-state index contributed by atoms with van der Waals surface area (Å²) in [5, 5.41) is 5.73. The number of amides is 2. The molecule has 0 spiro atoms. The van der Waals surface area contributed by atoms with Gasteiger partial charge in [-0.05, 0) is 67.4 Å². The Kier molecular flexibility index (Phi) is 9.29. The fourth-order valence-electron chi connectivity index (χ4n) is 3.12. The molecule has 0 radical (unpaired) electrons. The van der Waals surface area contributed by atoms with E-state index in [2.05, 4.69) is 10.6 Å². The summed E-state index contributed by atoms with van der Waals surface area (Å²) in [5.74, 6) is -0.500. The maximum absolute atomic E-state index is 12.5. The van der Waals surface area contributed by atoms with Crippen LogP contribution in [0.3, 0.4) is 0 Å². The van der Waals surface area contributed by atoms with E-state index in [1.165, 1.54) is 11.8 Å². The maximum Gasteiger partial charge on any atom is 0.338 e. The Labute approximate surface area is 204 Å². The zero-order chi connectivity index (χ0) is 24.3. The van der Waals surface area contributed by atoms with Crippen LogP contribution in [0.15, 0.2) is 77.7 Å². The van der Waals surface area contributed by atoms with Crippen molar-refractivity contribution in [3.05, 3.63) is 89.5 Å². The van der Waals surface area contributed by atoms with Crippen LogP contribution in [-0.2, 0) is 9.53 Å². The fraction of sp³-hybridized carbons (Fsp3) is 0.222. The lowest BCUT2D eigenvalue weighted by molar-refractivity contribution is -0.113. The average molecular weight is 477 g/mol. The second kappa shape index (κ2) is 12.6. The van der Waals surface area contributed by atoms with Gasteiger partial charge in [0, 0.05) is 21.8 Å². The number of hydrogen-bond acceptors (Lipinski definition) is 5. The second-order valence-electron chi connectivity index (χ2n) is 7.70. The van der Waals surface area contributed by atoms with Gasteiger partial charge in [-0.15, -0.1) is 11.8 Å². The van der Waals surface area contributed by atoms with Crippen molar-refractivity contribution in [3.63, 3.8) is 0 Å². The molecule has 2 amide bonds. The van der Waals surface area contributed by atoms with E-state index < -0.39 is 0 Å². The minimum atomic E-state index is -0.365. The van der Waals surface area contributed by atoms with Gasteiger partial charge >= 0.3 is 5.97 Å². The minimum absolute atomic E-state index is 0.169. The molecule has 0 saturated carbocycles. The monoisotopic (exact) mass is 476 g/mol. The van der Waals surface area contributed by atoms with Crippen molar-refractivity contribution in [2.75, 3.05) is 23.0 Å². The van der Waals surface area contributed by atoms with Gasteiger partial charge in [0.15, 0.2) is 0 Å². The first-order valence-corrected chi connectivity index (χ1v) is 12.1. The molecule has 0 aliphatic carbocycles. The smallest absolute Gasteiger partial charge is 0.338 e. The standard InChI is InChI=1S/C27H28N2O4S/c1-3-4-16-33-27(32)20-12-14-21(15-13-20)28-25(30)18-34-23-10-7-9-22(17-23)29-26(31)24-11-6-5-8-19(24)2/h5-15,17H,3-4,16,18H2,1-2H3,(H,28,30)(H,29,31). The van der Waals surface area contributed by atoms with Crippen molar-refractivity contribution in [2.45, 2.75) is 31.6 Å². The number of carbonyl (C=O) groups excluding carboxylic acids is 3. The van der Waals surface area contributed by atoms with E-state index in [-0.39, 0.29) is 23.5 Å². The Bertz CT molecular complexity index is 1150. The lowest BCUT2D eigenvalue weighted by atomic mass is 10.1. The van der Waals surface area contributed by atoms with Crippen LogP contribution in [-0.4, -0.2) is 30.1 Å². The summed E-state index contributed by atoms with van der Waals surface area (Å²) < 4.78 is 5.19. The van der Waals surface area contributed by atoms with Gasteiger partial charge in [-0.2, -0.15) is 0 Å². The van der Waals surface area contributed by atoms with E-state index in [9.17, 15) is 14.4 Å². The predicted molar refractivity (Wildman–Crippen MR) is 137 cm³/mol. The van der Waals surface area contributed by atoms with E-state index >= 15 is 0 Å². The van der Waals surface area contributed by atoms with Gasteiger partial charge < -0.3 is 15.4 Å². The van der Waals surface area contributed by atoms with Gasteiger partial charge in [-0.25, -0.2) is 4.79 Å². The Balaban J connectivity index is 1.50. The molecule has 34 heavy (non-hydrogen) atoms. The SMILES string of the molecule is CCCCOC(=O)c1ccc(NC(=O)CSc2cccc(NC(=O)c3ccccc3C)c2)cc1. The van der Waals surface area contributed by atoms with E-state index in [0.29, 0.717) is 29.1 Å². The van der Waals surface area contributed by atoms with Crippen LogP contribution in [0.5, 0.6) is 0 Å². The number of benzene rings is 3. The van der Waals surface area contributed by atoms with Gasteiger partial charge in [0.05, 0.1) is 17.9 Å². The maximum atomic E-state index is 12.5. The van der Waals surface area contributed by atoms with Crippen LogP contribution in [0.1, 0.15) is 46.0 Å². The van der Waals surface area contributed by atoms with Crippen molar-refractivity contribution >= 4 is 40.9 Å². The molecular formula is C27H28N2O4S. The largest absolute Gasteiger partial charge is 0.462 e. The molecule has 6 nitrogen and oxygen atoms in total. The topological polar surface area (TPSA) is 84.5 Å². The number of carbonyl (C=O) groups is 3. The van der Waals surface area contributed by atoms with E-state index in [0.717, 1.165) is 23.3 Å². The molecule has 0 fully saturated rings. The van der Waals surface area contributed by atoms with Crippen molar-refractivity contribution < 1.29 is 19.1 Å². The third-order valence-corrected chi connectivity index (χ3v) is 5.98. The summed E-state index contributed by atoms with van der Waals surface area (Å²) in [7, 11) is 0. The minimum Gasteiger partial charge on any atom is -0.462 e. The van der Waals surface area contributed by atoms with Crippen LogP contribution in [0.4, 0.5) is 11.4 Å².